The summed E-state index contributed by atoms with van der Waals surface area (Å²) in [6.07, 6.45) is 7.69. The maximum atomic E-state index is 5.34. The van der Waals surface area contributed by atoms with Gasteiger partial charge in [0.05, 0.1) is 13.2 Å². The van der Waals surface area contributed by atoms with Gasteiger partial charge in [-0.2, -0.15) is 0 Å². The Morgan fingerprint density at radius 2 is 1.64 bits per heavy atom. The van der Waals surface area contributed by atoms with E-state index in [1.807, 2.05) is 0 Å². The number of hydrogen-bond acceptors (Lipinski definition) is 2. The van der Waals surface area contributed by atoms with Crippen LogP contribution in [0.5, 0.6) is 0 Å². The minimum Gasteiger partial charge on any atom is -0.350 e. The zero-order chi connectivity index (χ0) is 7.52. The van der Waals surface area contributed by atoms with Crippen molar-refractivity contribution in [3.8, 4) is 0 Å². The highest BCUT2D eigenvalue weighted by Crippen LogP contribution is 2.29. The first-order valence-corrected chi connectivity index (χ1v) is 4.53. The van der Waals surface area contributed by atoms with E-state index < -0.39 is 0 Å². The first-order valence-electron chi connectivity index (χ1n) is 4.53. The van der Waals surface area contributed by atoms with Crippen LogP contribution in [0, 0.1) is 12.3 Å². The molecule has 0 unspecified atom stereocenters. The Labute approximate surface area is 67.9 Å². The molecule has 2 nitrogen and oxygen atoms in total. The molecule has 0 bridgehead atoms. The fourth-order valence-electron chi connectivity index (χ4n) is 1.86. The Hall–Kier alpha value is -0.0800. The molecule has 2 heteroatoms. The quantitative estimate of drug-likeness (QED) is 0.605. The van der Waals surface area contributed by atoms with Crippen molar-refractivity contribution in [2.75, 3.05) is 13.2 Å². The van der Waals surface area contributed by atoms with Crippen molar-refractivity contribution in [2.24, 2.45) is 5.92 Å². The second kappa shape index (κ2) is 3.55. The summed E-state index contributed by atoms with van der Waals surface area (Å²) in [7, 11) is 0. The van der Waals surface area contributed by atoms with Crippen LogP contribution in [0.1, 0.15) is 25.7 Å². The highest BCUT2D eigenvalue weighted by Gasteiger charge is 2.23. The van der Waals surface area contributed by atoms with Crippen LogP contribution in [0.25, 0.3) is 0 Å². The summed E-state index contributed by atoms with van der Waals surface area (Å²) >= 11 is 0. The van der Waals surface area contributed by atoms with Gasteiger partial charge in [-0.25, -0.2) is 0 Å². The fourth-order valence-corrected chi connectivity index (χ4v) is 1.86. The van der Waals surface area contributed by atoms with Gasteiger partial charge in [-0.1, -0.05) is 12.8 Å². The Morgan fingerprint density at radius 3 is 2.27 bits per heavy atom. The van der Waals surface area contributed by atoms with Crippen LogP contribution in [0.2, 0.25) is 0 Å². The first kappa shape index (κ1) is 7.56. The van der Waals surface area contributed by atoms with Crippen molar-refractivity contribution in [1.82, 2.24) is 0 Å². The Balaban J connectivity index is 1.71. The van der Waals surface area contributed by atoms with E-state index in [-0.39, 0.29) is 6.29 Å². The van der Waals surface area contributed by atoms with E-state index in [2.05, 4.69) is 6.42 Å². The molecule has 1 saturated heterocycles. The van der Waals surface area contributed by atoms with Gasteiger partial charge in [-0.15, -0.1) is 0 Å². The van der Waals surface area contributed by atoms with E-state index in [0.29, 0.717) is 0 Å². The van der Waals surface area contributed by atoms with Crippen LogP contribution >= 0.6 is 0 Å². The van der Waals surface area contributed by atoms with Crippen LogP contribution in [0.4, 0.5) is 0 Å². The standard InChI is InChI=1S/C9H15O2/c1-2-4-8(3-1)7-9-10-5-6-11-9/h7-9H,1-6H2. The second-order valence-electron chi connectivity index (χ2n) is 3.35. The van der Waals surface area contributed by atoms with Crippen LogP contribution < -0.4 is 0 Å². The lowest BCUT2D eigenvalue weighted by Crippen LogP contribution is -2.13. The molecule has 2 aliphatic rings. The molecule has 1 saturated carbocycles. The Morgan fingerprint density at radius 1 is 1.00 bits per heavy atom. The summed E-state index contributed by atoms with van der Waals surface area (Å²) < 4.78 is 10.7. The number of ether oxygens (including phenoxy) is 2. The summed E-state index contributed by atoms with van der Waals surface area (Å²) in [4.78, 5) is 0. The zero-order valence-corrected chi connectivity index (χ0v) is 6.79. The minimum atomic E-state index is 0.0121. The molecule has 1 heterocycles. The average Bonchev–Trinajstić information content (AvgIpc) is 2.60. The maximum absolute atomic E-state index is 5.34. The first-order chi connectivity index (χ1) is 5.45. The molecule has 0 amide bonds. The van der Waals surface area contributed by atoms with Crippen LogP contribution in [0.15, 0.2) is 0 Å². The molecule has 1 radical (unpaired) electrons. The highest BCUT2D eigenvalue weighted by atomic mass is 16.7. The normalized spacial score (nSPS) is 28.4. The van der Waals surface area contributed by atoms with Gasteiger partial charge in [-0.3, -0.25) is 0 Å². The van der Waals surface area contributed by atoms with Gasteiger partial charge >= 0.3 is 0 Å². The van der Waals surface area contributed by atoms with Crippen molar-refractivity contribution in [3.63, 3.8) is 0 Å². The Kier molecular flexibility index (Phi) is 2.44. The van der Waals surface area contributed by atoms with Gasteiger partial charge in [0.2, 0.25) is 0 Å². The molecule has 0 atom stereocenters. The van der Waals surface area contributed by atoms with Crippen LogP contribution in [0.3, 0.4) is 0 Å². The van der Waals surface area contributed by atoms with Gasteiger partial charge in [0.15, 0.2) is 6.29 Å². The third kappa shape index (κ3) is 1.94. The summed E-state index contributed by atoms with van der Waals surface area (Å²) in [5.74, 6) is 0.762. The van der Waals surface area contributed by atoms with Crippen LogP contribution in [-0.4, -0.2) is 19.5 Å². The van der Waals surface area contributed by atoms with Crippen molar-refractivity contribution in [1.29, 1.82) is 0 Å². The van der Waals surface area contributed by atoms with Crippen molar-refractivity contribution in [3.05, 3.63) is 6.42 Å². The minimum absolute atomic E-state index is 0.0121. The molecule has 0 aromatic heterocycles. The van der Waals surface area contributed by atoms with Crippen LogP contribution in [-0.2, 0) is 9.47 Å². The molecule has 1 aliphatic carbocycles. The summed E-state index contributed by atoms with van der Waals surface area (Å²) in [5.41, 5.74) is 0. The van der Waals surface area contributed by atoms with Gasteiger partial charge in [0.25, 0.3) is 0 Å². The molecular weight excluding hydrogens is 140 g/mol. The summed E-state index contributed by atoms with van der Waals surface area (Å²) in [6.45, 7) is 1.54. The smallest absolute Gasteiger partial charge is 0.161 e. The second-order valence-corrected chi connectivity index (χ2v) is 3.35. The predicted octanol–water partition coefficient (Wildman–Crippen LogP) is 1.75. The molecule has 0 spiro atoms. The SMILES string of the molecule is [CH](C1CCCC1)C1OCCO1. The van der Waals surface area contributed by atoms with E-state index in [1.165, 1.54) is 25.7 Å². The van der Waals surface area contributed by atoms with Gasteiger partial charge in [0.1, 0.15) is 0 Å². The summed E-state index contributed by atoms with van der Waals surface area (Å²) in [5, 5.41) is 0. The van der Waals surface area contributed by atoms with Crippen molar-refractivity contribution in [2.45, 2.75) is 32.0 Å². The molecule has 0 N–H and O–H groups in total. The molecule has 2 rings (SSSR count). The molecule has 2 fully saturated rings. The topological polar surface area (TPSA) is 18.5 Å². The highest BCUT2D eigenvalue weighted by molar-refractivity contribution is 4.84. The average molecular weight is 155 g/mol. The lowest BCUT2D eigenvalue weighted by molar-refractivity contribution is -0.0218. The Bertz CT molecular complexity index is 98.7. The number of rotatable bonds is 2. The van der Waals surface area contributed by atoms with E-state index in [1.54, 1.807) is 0 Å². The lowest BCUT2D eigenvalue weighted by atomic mass is 10.0. The molecule has 0 aromatic rings. The third-order valence-electron chi connectivity index (χ3n) is 2.48. The third-order valence-corrected chi connectivity index (χ3v) is 2.48. The molecule has 63 valence electrons. The molecule has 1 aliphatic heterocycles. The largest absolute Gasteiger partial charge is 0.350 e. The molecule has 11 heavy (non-hydrogen) atoms. The van der Waals surface area contributed by atoms with E-state index in [0.717, 1.165) is 19.1 Å². The molecular formula is C9H15O2. The van der Waals surface area contributed by atoms with Gasteiger partial charge in [-0.05, 0) is 18.8 Å². The summed E-state index contributed by atoms with van der Waals surface area (Å²) in [6, 6.07) is 0. The zero-order valence-electron chi connectivity index (χ0n) is 6.79. The predicted molar refractivity (Wildman–Crippen MR) is 42.0 cm³/mol. The van der Waals surface area contributed by atoms with Crippen molar-refractivity contribution < 1.29 is 9.47 Å². The fraction of sp³-hybridized carbons (Fsp3) is 0.889. The monoisotopic (exact) mass is 155 g/mol. The van der Waals surface area contributed by atoms with E-state index in [4.69, 9.17) is 9.47 Å². The van der Waals surface area contributed by atoms with Crippen molar-refractivity contribution >= 4 is 0 Å². The molecule has 0 aromatic carbocycles. The number of hydrogen-bond donors (Lipinski definition) is 0. The van der Waals surface area contributed by atoms with Gasteiger partial charge < -0.3 is 9.47 Å². The van der Waals surface area contributed by atoms with E-state index >= 15 is 0 Å². The lowest BCUT2D eigenvalue weighted by Gasteiger charge is -2.12. The maximum Gasteiger partial charge on any atom is 0.161 e. The van der Waals surface area contributed by atoms with E-state index in [9.17, 15) is 0 Å². The van der Waals surface area contributed by atoms with Gasteiger partial charge in [0, 0.05) is 6.42 Å².